The van der Waals surface area contributed by atoms with Crippen molar-refractivity contribution in [2.24, 2.45) is 0 Å². The number of hydrogen-bond acceptors (Lipinski definition) is 7. The summed E-state index contributed by atoms with van der Waals surface area (Å²) in [5.74, 6) is -0.646. The van der Waals surface area contributed by atoms with Gasteiger partial charge in [0.25, 0.3) is 17.5 Å². The predicted octanol–water partition coefficient (Wildman–Crippen LogP) is 6.44. The highest BCUT2D eigenvalue weighted by molar-refractivity contribution is 8.00. The van der Waals surface area contributed by atoms with Gasteiger partial charge in [0.1, 0.15) is 11.4 Å². The van der Waals surface area contributed by atoms with Gasteiger partial charge in [-0.2, -0.15) is 0 Å². The molecular formula is C33H30N4O6S. The Morgan fingerprint density at radius 2 is 1.66 bits per heavy atom. The zero-order chi connectivity index (χ0) is 31.5. The SMILES string of the molecule is CCOc1ccccc1/C=C(/NC(=O)c1ccccc1)C(=O)Nc1cccc(SCC(=O)Nc2ccc([N+](=O)[O-])cc2C)c1. The molecule has 0 fully saturated rings. The van der Waals surface area contributed by atoms with Crippen LogP contribution in [0.2, 0.25) is 0 Å². The number of nitrogens with one attached hydrogen (secondary N) is 3. The number of rotatable bonds is 12. The van der Waals surface area contributed by atoms with E-state index in [2.05, 4.69) is 16.0 Å². The molecule has 3 N–H and O–H groups in total. The highest BCUT2D eigenvalue weighted by Crippen LogP contribution is 2.25. The number of carbonyl (C=O) groups excluding carboxylic acids is 3. The normalized spacial score (nSPS) is 10.9. The van der Waals surface area contributed by atoms with Crippen molar-refractivity contribution in [3.05, 3.63) is 130 Å². The Morgan fingerprint density at radius 1 is 0.909 bits per heavy atom. The summed E-state index contributed by atoms with van der Waals surface area (Å²) in [5, 5.41) is 19.3. The van der Waals surface area contributed by atoms with E-state index in [1.807, 2.05) is 19.1 Å². The monoisotopic (exact) mass is 610 g/mol. The van der Waals surface area contributed by atoms with Gasteiger partial charge in [0.05, 0.1) is 17.3 Å². The van der Waals surface area contributed by atoms with E-state index in [1.54, 1.807) is 79.7 Å². The second kappa shape index (κ2) is 15.2. The maximum absolute atomic E-state index is 13.5. The van der Waals surface area contributed by atoms with Crippen LogP contribution in [0.4, 0.5) is 17.1 Å². The molecule has 11 heteroatoms. The number of nitrogens with zero attached hydrogens (tertiary/aromatic N) is 1. The van der Waals surface area contributed by atoms with Crippen LogP contribution >= 0.6 is 11.8 Å². The molecule has 0 unspecified atom stereocenters. The van der Waals surface area contributed by atoms with Gasteiger partial charge in [0.2, 0.25) is 5.91 Å². The number of benzene rings is 4. The van der Waals surface area contributed by atoms with E-state index in [-0.39, 0.29) is 23.0 Å². The maximum atomic E-state index is 13.5. The first-order valence-corrected chi connectivity index (χ1v) is 14.6. The fourth-order valence-electron chi connectivity index (χ4n) is 4.08. The lowest BCUT2D eigenvalue weighted by atomic mass is 10.1. The summed E-state index contributed by atoms with van der Waals surface area (Å²) < 4.78 is 5.69. The van der Waals surface area contributed by atoms with Gasteiger partial charge in [-0.15, -0.1) is 11.8 Å². The minimum Gasteiger partial charge on any atom is -0.493 e. The summed E-state index contributed by atoms with van der Waals surface area (Å²) in [6.07, 6.45) is 1.56. The molecule has 0 aliphatic rings. The molecule has 4 aromatic rings. The van der Waals surface area contributed by atoms with E-state index < -0.39 is 16.7 Å². The van der Waals surface area contributed by atoms with Crippen LogP contribution in [0.5, 0.6) is 5.75 Å². The molecule has 0 saturated heterocycles. The van der Waals surface area contributed by atoms with Gasteiger partial charge in [0, 0.05) is 39.5 Å². The number of aryl methyl sites for hydroxylation is 1. The number of anilines is 2. The number of nitro groups is 1. The fraction of sp³-hybridized carbons (Fsp3) is 0.121. The quantitative estimate of drug-likeness (QED) is 0.0726. The molecule has 10 nitrogen and oxygen atoms in total. The summed E-state index contributed by atoms with van der Waals surface area (Å²) in [5.41, 5.74) is 2.51. The van der Waals surface area contributed by atoms with Gasteiger partial charge in [-0.05, 0) is 68.0 Å². The fourth-order valence-corrected chi connectivity index (χ4v) is 4.84. The lowest BCUT2D eigenvalue weighted by molar-refractivity contribution is -0.384. The Hall–Kier alpha value is -5.42. The van der Waals surface area contributed by atoms with Crippen LogP contribution in [0.25, 0.3) is 6.08 Å². The van der Waals surface area contributed by atoms with Crippen LogP contribution in [0.15, 0.2) is 108 Å². The van der Waals surface area contributed by atoms with Gasteiger partial charge >= 0.3 is 0 Å². The molecular weight excluding hydrogens is 580 g/mol. The molecule has 0 atom stereocenters. The van der Waals surface area contributed by atoms with Gasteiger partial charge in [0.15, 0.2) is 0 Å². The third-order valence-electron chi connectivity index (χ3n) is 6.20. The number of carbonyl (C=O) groups is 3. The van der Waals surface area contributed by atoms with Gasteiger partial charge in [-0.1, -0.05) is 42.5 Å². The first kappa shape index (κ1) is 31.5. The average Bonchev–Trinajstić information content (AvgIpc) is 3.02. The number of thioether (sulfide) groups is 1. The highest BCUT2D eigenvalue weighted by atomic mass is 32.2. The first-order chi connectivity index (χ1) is 21.2. The summed E-state index contributed by atoms with van der Waals surface area (Å²) in [6.45, 7) is 3.97. The van der Waals surface area contributed by atoms with Gasteiger partial charge in [-0.25, -0.2) is 0 Å². The Bertz CT molecular complexity index is 1710. The van der Waals surface area contributed by atoms with Crippen LogP contribution in [0.3, 0.4) is 0 Å². The van der Waals surface area contributed by atoms with E-state index >= 15 is 0 Å². The zero-order valence-corrected chi connectivity index (χ0v) is 24.9. The number of hydrogen-bond donors (Lipinski definition) is 3. The molecule has 0 aliphatic carbocycles. The Labute approximate surface area is 258 Å². The summed E-state index contributed by atoms with van der Waals surface area (Å²) in [4.78, 5) is 50.2. The topological polar surface area (TPSA) is 140 Å². The second-order valence-electron chi connectivity index (χ2n) is 9.42. The standard InChI is InChI=1S/C33H30N4O6S/c1-3-43-30-15-8-7-12-24(30)19-29(36-32(39)23-10-5-4-6-11-23)33(40)34-25-13-9-14-27(20-25)44-21-31(38)35-28-17-16-26(37(41)42)18-22(28)2/h4-20H,3,21H2,1-2H3,(H,34,40)(H,35,38)(H,36,39)/b29-19+. The molecule has 3 amide bonds. The molecule has 0 aromatic heterocycles. The summed E-state index contributed by atoms with van der Waals surface area (Å²) in [6, 6.07) is 27.0. The molecule has 224 valence electrons. The highest BCUT2D eigenvalue weighted by Gasteiger charge is 2.17. The average molecular weight is 611 g/mol. The van der Waals surface area contributed by atoms with Gasteiger partial charge < -0.3 is 20.7 Å². The van der Waals surface area contributed by atoms with Crippen molar-refractivity contribution in [2.75, 3.05) is 23.0 Å². The van der Waals surface area contributed by atoms with Crippen LogP contribution in [0, 0.1) is 17.0 Å². The first-order valence-electron chi connectivity index (χ1n) is 13.6. The number of para-hydroxylation sites is 1. The van der Waals surface area contributed by atoms with Crippen molar-refractivity contribution < 1.29 is 24.0 Å². The zero-order valence-electron chi connectivity index (χ0n) is 24.0. The number of non-ortho nitro benzene ring substituents is 1. The lowest BCUT2D eigenvalue weighted by Crippen LogP contribution is -2.30. The van der Waals surface area contributed by atoms with Crippen LogP contribution in [0.1, 0.15) is 28.4 Å². The van der Waals surface area contributed by atoms with Crippen molar-refractivity contribution >= 4 is 52.6 Å². The van der Waals surface area contributed by atoms with Crippen molar-refractivity contribution in [3.63, 3.8) is 0 Å². The molecule has 0 bridgehead atoms. The number of amides is 3. The minimum absolute atomic E-state index is 0.0157. The molecule has 0 radical (unpaired) electrons. The van der Waals surface area contributed by atoms with Crippen LogP contribution in [-0.2, 0) is 9.59 Å². The molecule has 4 aromatic carbocycles. The molecule has 0 heterocycles. The van der Waals surface area contributed by atoms with E-state index in [1.165, 1.54) is 30.0 Å². The molecule has 0 spiro atoms. The van der Waals surface area contributed by atoms with Crippen LogP contribution in [-0.4, -0.2) is 35.0 Å². The second-order valence-corrected chi connectivity index (χ2v) is 10.5. The van der Waals surface area contributed by atoms with E-state index in [0.29, 0.717) is 40.4 Å². The Balaban J connectivity index is 1.47. The Kier molecular flexibility index (Phi) is 10.9. The van der Waals surface area contributed by atoms with Crippen molar-refractivity contribution in [1.29, 1.82) is 0 Å². The van der Waals surface area contributed by atoms with Crippen molar-refractivity contribution in [1.82, 2.24) is 5.32 Å². The smallest absolute Gasteiger partial charge is 0.272 e. The summed E-state index contributed by atoms with van der Waals surface area (Å²) >= 11 is 1.26. The maximum Gasteiger partial charge on any atom is 0.272 e. The molecule has 0 saturated carbocycles. The van der Waals surface area contributed by atoms with Crippen molar-refractivity contribution in [2.45, 2.75) is 18.7 Å². The van der Waals surface area contributed by atoms with E-state index in [0.717, 1.165) is 4.90 Å². The third kappa shape index (κ3) is 8.79. The largest absolute Gasteiger partial charge is 0.493 e. The third-order valence-corrected chi connectivity index (χ3v) is 7.20. The number of ether oxygens (including phenoxy) is 1. The lowest BCUT2D eigenvalue weighted by Gasteiger charge is -2.13. The Morgan fingerprint density at radius 3 is 2.39 bits per heavy atom. The predicted molar refractivity (Wildman–Crippen MR) is 172 cm³/mol. The molecule has 44 heavy (non-hydrogen) atoms. The van der Waals surface area contributed by atoms with Gasteiger partial charge in [-0.3, -0.25) is 24.5 Å². The van der Waals surface area contributed by atoms with Crippen LogP contribution < -0.4 is 20.7 Å². The number of nitro benzene ring substituents is 1. The van der Waals surface area contributed by atoms with Crippen molar-refractivity contribution in [3.8, 4) is 5.75 Å². The summed E-state index contributed by atoms with van der Waals surface area (Å²) in [7, 11) is 0. The van der Waals surface area contributed by atoms with E-state index in [4.69, 9.17) is 4.74 Å². The molecule has 4 rings (SSSR count). The van der Waals surface area contributed by atoms with E-state index in [9.17, 15) is 24.5 Å². The minimum atomic E-state index is -0.547. The molecule has 0 aliphatic heterocycles.